The van der Waals surface area contributed by atoms with Gasteiger partial charge in [-0.1, -0.05) is 6.07 Å². The van der Waals surface area contributed by atoms with Crippen molar-refractivity contribution in [3.63, 3.8) is 0 Å². The number of ether oxygens (including phenoxy) is 1. The van der Waals surface area contributed by atoms with E-state index >= 15 is 0 Å². The fourth-order valence-corrected chi connectivity index (χ4v) is 1.41. The van der Waals surface area contributed by atoms with E-state index in [4.69, 9.17) is 16.2 Å². The van der Waals surface area contributed by atoms with E-state index in [0.717, 1.165) is 18.4 Å². The Balaban J connectivity index is 2.76. The van der Waals surface area contributed by atoms with Crippen LogP contribution in [0.1, 0.15) is 24.4 Å². The Kier molecular flexibility index (Phi) is 4.52. The van der Waals surface area contributed by atoms with Crippen molar-refractivity contribution in [1.82, 2.24) is 0 Å². The SMILES string of the molecule is COc1cc([C@H](N)CCCN)ccc1F. The smallest absolute Gasteiger partial charge is 0.165 e. The molecule has 1 atom stereocenters. The molecule has 4 N–H and O–H groups in total. The van der Waals surface area contributed by atoms with Crippen LogP contribution in [0, 0.1) is 5.82 Å². The molecule has 0 spiro atoms. The number of methoxy groups -OCH3 is 1. The Hall–Kier alpha value is -1.13. The van der Waals surface area contributed by atoms with Crippen LogP contribution in [0.25, 0.3) is 0 Å². The highest BCUT2D eigenvalue weighted by Gasteiger charge is 2.09. The first-order chi connectivity index (χ1) is 7.19. The minimum atomic E-state index is -0.368. The molecule has 0 unspecified atom stereocenters. The van der Waals surface area contributed by atoms with Crippen LogP contribution in [0.4, 0.5) is 4.39 Å². The lowest BCUT2D eigenvalue weighted by Gasteiger charge is -2.12. The van der Waals surface area contributed by atoms with E-state index in [1.807, 2.05) is 0 Å². The molecular weight excluding hydrogens is 195 g/mol. The molecule has 0 aliphatic carbocycles. The maximum Gasteiger partial charge on any atom is 0.165 e. The molecule has 0 radical (unpaired) electrons. The summed E-state index contributed by atoms with van der Waals surface area (Å²) in [7, 11) is 1.44. The van der Waals surface area contributed by atoms with Gasteiger partial charge in [0.05, 0.1) is 7.11 Å². The van der Waals surface area contributed by atoms with E-state index in [1.54, 1.807) is 12.1 Å². The van der Waals surface area contributed by atoms with Crippen LogP contribution < -0.4 is 16.2 Å². The second kappa shape index (κ2) is 5.68. The van der Waals surface area contributed by atoms with Gasteiger partial charge in [0.25, 0.3) is 0 Å². The lowest BCUT2D eigenvalue weighted by molar-refractivity contribution is 0.385. The summed E-state index contributed by atoms with van der Waals surface area (Å²) in [6.45, 7) is 0.617. The first-order valence-electron chi connectivity index (χ1n) is 4.98. The first kappa shape index (κ1) is 11.9. The standard InChI is InChI=1S/C11H17FN2O/c1-15-11-7-8(4-5-9(11)12)10(14)3-2-6-13/h4-5,7,10H,2-3,6,13-14H2,1H3/t10-/m1/s1. The van der Waals surface area contributed by atoms with Crippen LogP contribution in [-0.4, -0.2) is 13.7 Å². The molecule has 84 valence electrons. The summed E-state index contributed by atoms with van der Waals surface area (Å²) >= 11 is 0. The second-order valence-electron chi connectivity index (χ2n) is 3.43. The largest absolute Gasteiger partial charge is 0.494 e. The maximum absolute atomic E-state index is 13.1. The normalized spacial score (nSPS) is 12.5. The number of hydrogen-bond donors (Lipinski definition) is 2. The van der Waals surface area contributed by atoms with Crippen molar-refractivity contribution in [3.8, 4) is 5.75 Å². The average molecular weight is 212 g/mol. The van der Waals surface area contributed by atoms with Gasteiger partial charge in [-0.15, -0.1) is 0 Å². The van der Waals surface area contributed by atoms with E-state index in [9.17, 15) is 4.39 Å². The molecule has 15 heavy (non-hydrogen) atoms. The summed E-state index contributed by atoms with van der Waals surface area (Å²) in [5.74, 6) is -0.136. The van der Waals surface area contributed by atoms with Gasteiger partial charge in [-0.3, -0.25) is 0 Å². The van der Waals surface area contributed by atoms with Gasteiger partial charge < -0.3 is 16.2 Å². The summed E-state index contributed by atoms with van der Waals surface area (Å²) in [6, 6.07) is 4.58. The molecule has 0 saturated carbocycles. The van der Waals surface area contributed by atoms with E-state index in [0.29, 0.717) is 6.54 Å². The summed E-state index contributed by atoms with van der Waals surface area (Å²) < 4.78 is 18.0. The van der Waals surface area contributed by atoms with E-state index in [2.05, 4.69) is 0 Å². The van der Waals surface area contributed by atoms with Crippen molar-refractivity contribution in [2.75, 3.05) is 13.7 Å². The van der Waals surface area contributed by atoms with Crippen molar-refractivity contribution in [3.05, 3.63) is 29.6 Å². The zero-order chi connectivity index (χ0) is 11.3. The second-order valence-corrected chi connectivity index (χ2v) is 3.43. The monoisotopic (exact) mass is 212 g/mol. The Labute approximate surface area is 89.2 Å². The van der Waals surface area contributed by atoms with E-state index in [1.165, 1.54) is 13.2 Å². The Bertz CT molecular complexity index is 317. The van der Waals surface area contributed by atoms with Crippen LogP contribution in [0.3, 0.4) is 0 Å². The van der Waals surface area contributed by atoms with Crippen molar-refractivity contribution in [1.29, 1.82) is 0 Å². The van der Waals surface area contributed by atoms with Crippen molar-refractivity contribution in [2.45, 2.75) is 18.9 Å². The molecule has 0 aliphatic heterocycles. The fraction of sp³-hybridized carbons (Fsp3) is 0.455. The Morgan fingerprint density at radius 1 is 1.47 bits per heavy atom. The summed E-state index contributed by atoms with van der Waals surface area (Å²) in [5, 5.41) is 0. The molecule has 1 aromatic rings. The lowest BCUT2D eigenvalue weighted by Crippen LogP contribution is -2.12. The molecule has 0 bridgehead atoms. The number of rotatable bonds is 5. The van der Waals surface area contributed by atoms with Crippen LogP contribution in [0.15, 0.2) is 18.2 Å². The lowest BCUT2D eigenvalue weighted by atomic mass is 10.0. The van der Waals surface area contributed by atoms with Crippen molar-refractivity contribution in [2.24, 2.45) is 11.5 Å². The topological polar surface area (TPSA) is 61.3 Å². The molecule has 0 saturated heterocycles. The molecule has 0 aromatic heterocycles. The molecule has 0 fully saturated rings. The number of halogens is 1. The van der Waals surface area contributed by atoms with Crippen LogP contribution >= 0.6 is 0 Å². The summed E-state index contributed by atoms with van der Waals surface area (Å²) in [5.41, 5.74) is 12.2. The quantitative estimate of drug-likeness (QED) is 0.778. The van der Waals surface area contributed by atoms with Crippen LogP contribution in [-0.2, 0) is 0 Å². The third-order valence-corrected chi connectivity index (χ3v) is 2.32. The third-order valence-electron chi connectivity index (χ3n) is 2.32. The average Bonchev–Trinajstić information content (AvgIpc) is 2.26. The van der Waals surface area contributed by atoms with Crippen molar-refractivity contribution >= 4 is 0 Å². The molecule has 4 heteroatoms. The Morgan fingerprint density at radius 3 is 2.80 bits per heavy atom. The number of hydrogen-bond acceptors (Lipinski definition) is 3. The van der Waals surface area contributed by atoms with E-state index in [-0.39, 0.29) is 17.6 Å². The minimum Gasteiger partial charge on any atom is -0.494 e. The van der Waals surface area contributed by atoms with Gasteiger partial charge in [0.1, 0.15) is 0 Å². The highest BCUT2D eigenvalue weighted by molar-refractivity contribution is 5.31. The zero-order valence-electron chi connectivity index (χ0n) is 8.87. The van der Waals surface area contributed by atoms with Gasteiger partial charge in [0.2, 0.25) is 0 Å². The molecule has 0 amide bonds. The third kappa shape index (κ3) is 3.18. The molecule has 3 nitrogen and oxygen atoms in total. The molecular formula is C11H17FN2O. The first-order valence-corrected chi connectivity index (χ1v) is 4.98. The molecule has 0 heterocycles. The maximum atomic E-state index is 13.1. The van der Waals surface area contributed by atoms with Crippen molar-refractivity contribution < 1.29 is 9.13 Å². The highest BCUT2D eigenvalue weighted by Crippen LogP contribution is 2.23. The number of nitrogens with two attached hydrogens (primary N) is 2. The highest BCUT2D eigenvalue weighted by atomic mass is 19.1. The fourth-order valence-electron chi connectivity index (χ4n) is 1.41. The number of benzene rings is 1. The zero-order valence-corrected chi connectivity index (χ0v) is 8.87. The van der Waals surface area contributed by atoms with Gasteiger partial charge in [-0.05, 0) is 37.1 Å². The minimum absolute atomic E-state index is 0.108. The van der Waals surface area contributed by atoms with Gasteiger partial charge in [0, 0.05) is 6.04 Å². The van der Waals surface area contributed by atoms with Gasteiger partial charge in [0.15, 0.2) is 11.6 Å². The summed E-state index contributed by atoms with van der Waals surface area (Å²) in [4.78, 5) is 0. The van der Waals surface area contributed by atoms with Crippen LogP contribution in [0.2, 0.25) is 0 Å². The predicted molar refractivity (Wildman–Crippen MR) is 58.2 cm³/mol. The summed E-state index contributed by atoms with van der Waals surface area (Å²) in [6.07, 6.45) is 1.66. The Morgan fingerprint density at radius 2 is 2.20 bits per heavy atom. The molecule has 1 rings (SSSR count). The predicted octanol–water partition coefficient (Wildman–Crippen LogP) is 1.57. The molecule has 0 aliphatic rings. The van der Waals surface area contributed by atoms with Gasteiger partial charge in [-0.25, -0.2) is 4.39 Å². The van der Waals surface area contributed by atoms with Gasteiger partial charge in [-0.2, -0.15) is 0 Å². The van der Waals surface area contributed by atoms with Gasteiger partial charge >= 0.3 is 0 Å². The van der Waals surface area contributed by atoms with Crippen LogP contribution in [0.5, 0.6) is 5.75 Å². The van der Waals surface area contributed by atoms with E-state index < -0.39 is 0 Å². The molecule has 1 aromatic carbocycles.